The van der Waals surface area contributed by atoms with Crippen molar-refractivity contribution in [2.24, 2.45) is 5.92 Å². The molecule has 0 rings (SSSR count). The van der Waals surface area contributed by atoms with Gasteiger partial charge in [0.15, 0.2) is 3.77 Å². The van der Waals surface area contributed by atoms with Crippen molar-refractivity contribution in [2.75, 3.05) is 19.8 Å². The van der Waals surface area contributed by atoms with Crippen LogP contribution in [0.3, 0.4) is 0 Å². The van der Waals surface area contributed by atoms with Crippen LogP contribution in [0, 0.1) is 5.92 Å². The van der Waals surface area contributed by atoms with E-state index in [4.69, 9.17) is 13.8 Å². The van der Waals surface area contributed by atoms with Gasteiger partial charge in [0.25, 0.3) is 0 Å². The minimum absolute atomic E-state index is 0.377. The van der Waals surface area contributed by atoms with Crippen LogP contribution in [-0.4, -0.2) is 19.8 Å². The van der Waals surface area contributed by atoms with Gasteiger partial charge in [0, 0.05) is 0 Å². The number of allylic oxidation sites excluding steroid dienone is 1. The Balaban J connectivity index is 4.89. The summed E-state index contributed by atoms with van der Waals surface area (Å²) in [6.07, 6.45) is 0. The summed E-state index contributed by atoms with van der Waals surface area (Å²) < 4.78 is 17.8. The summed E-state index contributed by atoms with van der Waals surface area (Å²) in [4.78, 5) is 0. The minimum atomic E-state index is -0.968. The Bertz CT molecular complexity index is 213. The Labute approximate surface area is 114 Å². The van der Waals surface area contributed by atoms with Gasteiger partial charge in [0.2, 0.25) is 8.38 Å². The van der Waals surface area contributed by atoms with Crippen LogP contribution in [-0.2, 0) is 13.8 Å². The summed E-state index contributed by atoms with van der Waals surface area (Å²) in [5.74, 6) is 0.377. The Morgan fingerprint density at radius 1 is 1.06 bits per heavy atom. The molecule has 0 aliphatic carbocycles. The first-order valence-corrected chi connectivity index (χ1v) is 7.92. The number of ether oxygens (including phenoxy) is 1. The third-order valence-corrected chi connectivity index (χ3v) is 5.13. The van der Waals surface area contributed by atoms with Crippen LogP contribution in [0.2, 0.25) is 0 Å². The van der Waals surface area contributed by atoms with Crippen molar-refractivity contribution >= 4 is 31.0 Å². The normalized spacial score (nSPS) is 13.2. The molecule has 0 aromatic rings. The Morgan fingerprint density at radius 3 is 1.88 bits per heavy atom. The summed E-state index contributed by atoms with van der Waals surface area (Å²) in [5.41, 5.74) is 0. The molecule has 0 bridgehead atoms. The van der Waals surface area contributed by atoms with Crippen molar-refractivity contribution in [2.45, 2.75) is 34.6 Å². The van der Waals surface area contributed by atoms with Gasteiger partial charge >= 0.3 is 0 Å². The molecule has 0 atom stereocenters. The van der Waals surface area contributed by atoms with Crippen molar-refractivity contribution in [3.8, 4) is 0 Å². The number of halogens is 1. The van der Waals surface area contributed by atoms with Gasteiger partial charge in [-0.25, -0.2) is 0 Å². The van der Waals surface area contributed by atoms with E-state index >= 15 is 0 Å². The van der Waals surface area contributed by atoms with E-state index in [1.807, 2.05) is 20.8 Å². The summed E-state index contributed by atoms with van der Waals surface area (Å²) >= 11 is 2.23. The summed E-state index contributed by atoms with van der Waals surface area (Å²) in [7, 11) is -0.968. The fraction of sp³-hybridized carbons (Fsp3) is 0.818. The monoisotopic (exact) mass is 360 g/mol. The second-order valence-corrected chi connectivity index (χ2v) is 5.83. The predicted molar refractivity (Wildman–Crippen MR) is 77.7 cm³/mol. The molecule has 0 heterocycles. The van der Waals surface area contributed by atoms with E-state index in [-0.39, 0.29) is 0 Å². The van der Waals surface area contributed by atoms with E-state index in [9.17, 15) is 0 Å². The van der Waals surface area contributed by atoms with Crippen molar-refractivity contribution < 1.29 is 13.8 Å². The molecular formula is C11H22IO3P. The van der Waals surface area contributed by atoms with Gasteiger partial charge in [-0.05, 0) is 49.3 Å². The summed E-state index contributed by atoms with van der Waals surface area (Å²) in [6.45, 7) is 12.2. The van der Waals surface area contributed by atoms with Crippen LogP contribution >= 0.6 is 31.0 Å². The zero-order valence-corrected chi connectivity index (χ0v) is 13.8. The van der Waals surface area contributed by atoms with Crippen LogP contribution in [0.5, 0.6) is 0 Å². The lowest BCUT2D eigenvalue weighted by molar-refractivity contribution is 0.250. The molecule has 0 radical (unpaired) electrons. The van der Waals surface area contributed by atoms with Gasteiger partial charge in [0.1, 0.15) is 0 Å². The number of hydrogen-bond donors (Lipinski definition) is 0. The SMILES string of the molecule is CCO/C(I)=C(/C(C)C)P(OCC)OCC. The van der Waals surface area contributed by atoms with Crippen molar-refractivity contribution in [3.63, 3.8) is 0 Å². The van der Waals surface area contributed by atoms with Gasteiger partial charge in [-0.1, -0.05) is 13.8 Å². The third kappa shape index (κ3) is 5.80. The Morgan fingerprint density at radius 2 is 1.56 bits per heavy atom. The molecule has 16 heavy (non-hydrogen) atoms. The minimum Gasteiger partial charge on any atom is -0.487 e. The number of hydrogen-bond acceptors (Lipinski definition) is 3. The molecule has 0 aromatic heterocycles. The predicted octanol–water partition coefficient (Wildman–Crippen LogP) is 4.67. The molecule has 0 saturated heterocycles. The second-order valence-electron chi connectivity index (χ2n) is 3.34. The molecule has 0 saturated carbocycles. The third-order valence-electron chi connectivity index (χ3n) is 1.71. The maximum Gasteiger partial charge on any atom is 0.205 e. The first-order valence-electron chi connectivity index (χ1n) is 5.66. The van der Waals surface area contributed by atoms with Crippen molar-refractivity contribution in [1.29, 1.82) is 0 Å². The van der Waals surface area contributed by atoms with E-state index in [1.165, 1.54) is 0 Å². The Kier molecular flexibility index (Phi) is 10.0. The second kappa shape index (κ2) is 9.63. The molecule has 3 nitrogen and oxygen atoms in total. The largest absolute Gasteiger partial charge is 0.487 e. The maximum atomic E-state index is 5.67. The average Bonchev–Trinajstić information content (AvgIpc) is 2.18. The van der Waals surface area contributed by atoms with E-state index in [2.05, 4.69) is 36.4 Å². The average molecular weight is 360 g/mol. The molecule has 0 spiro atoms. The lowest BCUT2D eigenvalue weighted by Crippen LogP contribution is -2.03. The molecule has 0 aliphatic heterocycles. The van der Waals surface area contributed by atoms with Crippen LogP contribution in [0.25, 0.3) is 0 Å². The van der Waals surface area contributed by atoms with E-state index in [0.29, 0.717) is 25.7 Å². The van der Waals surface area contributed by atoms with Crippen molar-refractivity contribution in [3.05, 3.63) is 9.08 Å². The van der Waals surface area contributed by atoms with Gasteiger partial charge in [-0.3, -0.25) is 0 Å². The maximum absolute atomic E-state index is 5.67. The van der Waals surface area contributed by atoms with Gasteiger partial charge < -0.3 is 13.8 Å². The van der Waals surface area contributed by atoms with Crippen LogP contribution < -0.4 is 0 Å². The van der Waals surface area contributed by atoms with Crippen LogP contribution in [0.4, 0.5) is 0 Å². The quantitative estimate of drug-likeness (QED) is 0.358. The summed E-state index contributed by atoms with van der Waals surface area (Å²) in [5, 5.41) is 1.15. The topological polar surface area (TPSA) is 27.7 Å². The van der Waals surface area contributed by atoms with E-state index < -0.39 is 8.38 Å². The smallest absolute Gasteiger partial charge is 0.205 e. The molecule has 5 heteroatoms. The highest BCUT2D eigenvalue weighted by molar-refractivity contribution is 14.1. The fourth-order valence-corrected chi connectivity index (χ4v) is 4.10. The molecule has 0 fully saturated rings. The fourth-order valence-electron chi connectivity index (χ4n) is 1.12. The van der Waals surface area contributed by atoms with Crippen LogP contribution in [0.15, 0.2) is 9.08 Å². The molecule has 0 unspecified atom stereocenters. The highest BCUT2D eigenvalue weighted by Crippen LogP contribution is 2.52. The Hall–Kier alpha value is 0.620. The van der Waals surface area contributed by atoms with Crippen molar-refractivity contribution in [1.82, 2.24) is 0 Å². The zero-order chi connectivity index (χ0) is 12.6. The molecule has 96 valence electrons. The highest BCUT2D eigenvalue weighted by Gasteiger charge is 2.23. The first kappa shape index (κ1) is 16.6. The number of rotatable bonds is 8. The van der Waals surface area contributed by atoms with E-state index in [1.54, 1.807) is 0 Å². The summed E-state index contributed by atoms with van der Waals surface area (Å²) in [6, 6.07) is 0. The first-order chi connectivity index (χ1) is 7.58. The van der Waals surface area contributed by atoms with Gasteiger partial charge in [-0.2, -0.15) is 0 Å². The lowest BCUT2D eigenvalue weighted by Gasteiger charge is -2.22. The molecule has 0 amide bonds. The van der Waals surface area contributed by atoms with E-state index in [0.717, 1.165) is 9.08 Å². The standard InChI is InChI=1S/C11H22IO3P/c1-6-13-11(12)10(9(4)5)16(14-7-2)15-8-3/h9H,6-8H2,1-5H3/b11-10-. The van der Waals surface area contributed by atoms with Crippen LogP contribution in [0.1, 0.15) is 34.6 Å². The zero-order valence-electron chi connectivity index (χ0n) is 10.7. The lowest BCUT2D eigenvalue weighted by atomic mass is 10.2. The molecule has 0 N–H and O–H groups in total. The van der Waals surface area contributed by atoms with Gasteiger partial charge in [-0.15, -0.1) is 0 Å². The molecule has 0 aliphatic rings. The highest BCUT2D eigenvalue weighted by atomic mass is 127. The van der Waals surface area contributed by atoms with Gasteiger partial charge in [0.05, 0.1) is 25.1 Å². The molecular weight excluding hydrogens is 338 g/mol. The molecule has 0 aromatic carbocycles.